The SMILES string of the molecule is COC(=O)C(NC(=O)C(C)NCC(=O)OC(C)(C)C)C(C)(C)C. The van der Waals surface area contributed by atoms with Gasteiger partial charge in [0.2, 0.25) is 5.91 Å². The predicted octanol–water partition coefficient (Wildman–Crippen LogP) is 1.01. The quantitative estimate of drug-likeness (QED) is 0.706. The maximum atomic E-state index is 12.2. The van der Waals surface area contributed by atoms with Gasteiger partial charge < -0.3 is 14.8 Å². The van der Waals surface area contributed by atoms with Gasteiger partial charge in [0.25, 0.3) is 0 Å². The summed E-state index contributed by atoms with van der Waals surface area (Å²) in [5, 5.41) is 5.43. The normalized spacial score (nSPS) is 14.6. The second-order valence-corrected chi connectivity index (χ2v) is 7.52. The van der Waals surface area contributed by atoms with Crippen molar-refractivity contribution in [2.75, 3.05) is 13.7 Å². The molecule has 0 aliphatic carbocycles. The summed E-state index contributed by atoms with van der Waals surface area (Å²) in [4.78, 5) is 35.6. The van der Waals surface area contributed by atoms with Crippen molar-refractivity contribution in [3.05, 3.63) is 0 Å². The Morgan fingerprint density at radius 2 is 1.57 bits per heavy atom. The molecule has 0 rings (SSSR count). The van der Waals surface area contributed by atoms with Gasteiger partial charge in [0.15, 0.2) is 0 Å². The number of carbonyl (C=O) groups excluding carboxylic acids is 3. The average molecular weight is 330 g/mol. The summed E-state index contributed by atoms with van der Waals surface area (Å²) < 4.78 is 9.88. The van der Waals surface area contributed by atoms with E-state index in [1.165, 1.54) is 7.11 Å². The molecule has 0 aromatic carbocycles. The van der Waals surface area contributed by atoms with E-state index in [0.29, 0.717) is 0 Å². The van der Waals surface area contributed by atoms with Crippen LogP contribution in [0.15, 0.2) is 0 Å². The molecule has 0 aliphatic heterocycles. The number of methoxy groups -OCH3 is 1. The van der Waals surface area contributed by atoms with E-state index in [1.807, 2.05) is 20.8 Å². The van der Waals surface area contributed by atoms with Gasteiger partial charge in [-0.3, -0.25) is 14.9 Å². The van der Waals surface area contributed by atoms with E-state index in [2.05, 4.69) is 10.6 Å². The minimum Gasteiger partial charge on any atom is -0.467 e. The minimum atomic E-state index is -0.772. The molecule has 7 heteroatoms. The summed E-state index contributed by atoms with van der Waals surface area (Å²) >= 11 is 0. The molecule has 0 fully saturated rings. The number of ether oxygens (including phenoxy) is 2. The van der Waals surface area contributed by atoms with Crippen LogP contribution in [0.2, 0.25) is 0 Å². The lowest BCUT2D eigenvalue weighted by atomic mass is 9.86. The molecule has 0 aromatic heterocycles. The Kier molecular flexibility index (Phi) is 7.70. The van der Waals surface area contributed by atoms with Crippen molar-refractivity contribution in [2.24, 2.45) is 5.41 Å². The second-order valence-electron chi connectivity index (χ2n) is 7.52. The largest absolute Gasteiger partial charge is 0.467 e. The van der Waals surface area contributed by atoms with Crippen molar-refractivity contribution in [1.82, 2.24) is 10.6 Å². The van der Waals surface area contributed by atoms with Gasteiger partial charge in [-0.05, 0) is 33.1 Å². The highest BCUT2D eigenvalue weighted by Gasteiger charge is 2.34. The molecule has 0 heterocycles. The summed E-state index contributed by atoms with van der Waals surface area (Å²) in [6.45, 7) is 12.3. The van der Waals surface area contributed by atoms with Crippen LogP contribution in [0.3, 0.4) is 0 Å². The van der Waals surface area contributed by atoms with Crippen LogP contribution >= 0.6 is 0 Å². The van der Waals surface area contributed by atoms with Gasteiger partial charge in [-0.15, -0.1) is 0 Å². The summed E-state index contributed by atoms with van der Waals surface area (Å²) in [7, 11) is 1.28. The zero-order chi connectivity index (χ0) is 18.4. The summed E-state index contributed by atoms with van der Waals surface area (Å²) in [6.07, 6.45) is 0. The minimum absolute atomic E-state index is 0.0930. The highest BCUT2D eigenvalue weighted by Crippen LogP contribution is 2.20. The van der Waals surface area contributed by atoms with Gasteiger partial charge in [0, 0.05) is 0 Å². The van der Waals surface area contributed by atoms with Gasteiger partial charge in [-0.1, -0.05) is 20.8 Å². The Labute approximate surface area is 138 Å². The maximum Gasteiger partial charge on any atom is 0.328 e. The van der Waals surface area contributed by atoms with Gasteiger partial charge >= 0.3 is 11.9 Å². The van der Waals surface area contributed by atoms with Crippen LogP contribution in [0, 0.1) is 5.41 Å². The van der Waals surface area contributed by atoms with Crippen molar-refractivity contribution in [3.63, 3.8) is 0 Å². The Morgan fingerprint density at radius 3 is 1.96 bits per heavy atom. The number of carbonyl (C=O) groups is 3. The van der Waals surface area contributed by atoms with E-state index >= 15 is 0 Å². The molecule has 0 aliphatic rings. The van der Waals surface area contributed by atoms with Crippen molar-refractivity contribution in [2.45, 2.75) is 66.2 Å². The number of amides is 1. The fourth-order valence-corrected chi connectivity index (χ4v) is 1.72. The van der Waals surface area contributed by atoms with Crippen LogP contribution in [0.5, 0.6) is 0 Å². The lowest BCUT2D eigenvalue weighted by Crippen LogP contribution is -2.54. The molecule has 2 unspecified atom stereocenters. The van der Waals surface area contributed by atoms with Gasteiger partial charge in [0.1, 0.15) is 11.6 Å². The molecule has 7 nitrogen and oxygen atoms in total. The summed E-state index contributed by atoms with van der Waals surface area (Å²) in [5.41, 5.74) is -1.07. The maximum absolute atomic E-state index is 12.2. The highest BCUT2D eigenvalue weighted by molar-refractivity contribution is 5.88. The third-order valence-corrected chi connectivity index (χ3v) is 2.96. The highest BCUT2D eigenvalue weighted by atomic mass is 16.6. The molecule has 23 heavy (non-hydrogen) atoms. The number of esters is 2. The van der Waals surface area contributed by atoms with E-state index in [-0.39, 0.29) is 12.5 Å². The van der Waals surface area contributed by atoms with Crippen LogP contribution < -0.4 is 10.6 Å². The van der Waals surface area contributed by atoms with E-state index in [1.54, 1.807) is 27.7 Å². The smallest absolute Gasteiger partial charge is 0.328 e. The molecule has 0 spiro atoms. The zero-order valence-corrected chi connectivity index (χ0v) is 15.4. The lowest BCUT2D eigenvalue weighted by molar-refractivity contribution is -0.154. The van der Waals surface area contributed by atoms with E-state index in [0.717, 1.165) is 0 Å². The number of hydrogen-bond donors (Lipinski definition) is 2. The first kappa shape index (κ1) is 21.4. The first-order valence-corrected chi connectivity index (χ1v) is 7.61. The monoisotopic (exact) mass is 330 g/mol. The molecule has 2 N–H and O–H groups in total. The Bertz CT molecular complexity index is 435. The predicted molar refractivity (Wildman–Crippen MR) is 86.7 cm³/mol. The number of rotatable bonds is 6. The van der Waals surface area contributed by atoms with E-state index in [4.69, 9.17) is 9.47 Å². The van der Waals surface area contributed by atoms with Crippen LogP contribution in [0.4, 0.5) is 0 Å². The molecule has 0 aromatic rings. The average Bonchev–Trinajstić information content (AvgIpc) is 2.37. The van der Waals surface area contributed by atoms with E-state index < -0.39 is 35.0 Å². The molecule has 0 radical (unpaired) electrons. The molecule has 0 bridgehead atoms. The van der Waals surface area contributed by atoms with Crippen LogP contribution in [0.25, 0.3) is 0 Å². The fraction of sp³-hybridized carbons (Fsp3) is 0.812. The number of nitrogens with one attached hydrogen (secondary N) is 2. The van der Waals surface area contributed by atoms with Gasteiger partial charge in [0.05, 0.1) is 19.7 Å². The third-order valence-electron chi connectivity index (χ3n) is 2.96. The topological polar surface area (TPSA) is 93.7 Å². The second kappa shape index (κ2) is 8.29. The first-order valence-electron chi connectivity index (χ1n) is 7.61. The van der Waals surface area contributed by atoms with Crippen molar-refractivity contribution in [1.29, 1.82) is 0 Å². The first-order chi connectivity index (χ1) is 10.3. The molecule has 2 atom stereocenters. The van der Waals surface area contributed by atoms with Crippen molar-refractivity contribution in [3.8, 4) is 0 Å². The van der Waals surface area contributed by atoms with E-state index in [9.17, 15) is 14.4 Å². The Balaban J connectivity index is 4.59. The molecular weight excluding hydrogens is 300 g/mol. The van der Waals surface area contributed by atoms with Gasteiger partial charge in [-0.2, -0.15) is 0 Å². The molecule has 0 saturated heterocycles. The Morgan fingerprint density at radius 1 is 1.04 bits per heavy atom. The van der Waals surface area contributed by atoms with Crippen LogP contribution in [-0.2, 0) is 23.9 Å². The molecule has 1 amide bonds. The van der Waals surface area contributed by atoms with Crippen molar-refractivity contribution < 1.29 is 23.9 Å². The van der Waals surface area contributed by atoms with Crippen LogP contribution in [0.1, 0.15) is 48.5 Å². The molecule has 0 saturated carbocycles. The van der Waals surface area contributed by atoms with Gasteiger partial charge in [-0.25, -0.2) is 4.79 Å². The summed E-state index contributed by atoms with van der Waals surface area (Å²) in [5.74, 6) is -1.35. The Hall–Kier alpha value is -1.63. The fourth-order valence-electron chi connectivity index (χ4n) is 1.72. The lowest BCUT2D eigenvalue weighted by Gasteiger charge is -2.30. The summed E-state index contributed by atoms with van der Waals surface area (Å²) in [6, 6.07) is -1.43. The molecular formula is C16H30N2O5. The zero-order valence-electron chi connectivity index (χ0n) is 15.4. The molecule has 134 valence electrons. The standard InChI is InChI=1S/C16H30N2O5/c1-10(17-9-11(19)23-16(5,6)7)13(20)18-12(14(21)22-8)15(2,3)4/h10,12,17H,9H2,1-8H3,(H,18,20). The van der Waals surface area contributed by atoms with Crippen LogP contribution in [-0.4, -0.2) is 49.2 Å². The van der Waals surface area contributed by atoms with Crippen molar-refractivity contribution >= 4 is 17.8 Å². The third kappa shape index (κ3) is 8.54. The number of hydrogen-bond acceptors (Lipinski definition) is 6.